The highest BCUT2D eigenvalue weighted by Gasteiger charge is 2.15. The average Bonchev–Trinajstić information content (AvgIpc) is 2.72. The van der Waals surface area contributed by atoms with E-state index in [0.717, 1.165) is 5.56 Å². The molecule has 1 heterocycles. The molecule has 5 heteroatoms. The first-order valence-electron chi connectivity index (χ1n) is 4.68. The first-order chi connectivity index (χ1) is 7.19. The normalized spacial score (nSPS) is 12.5. The van der Waals surface area contributed by atoms with Crippen molar-refractivity contribution in [3.05, 3.63) is 23.7 Å². The van der Waals surface area contributed by atoms with Crippen LogP contribution in [0.4, 0.5) is 0 Å². The van der Waals surface area contributed by atoms with E-state index in [1.54, 1.807) is 6.07 Å². The molecule has 2 N–H and O–H groups in total. The number of rotatable bonds is 5. The Morgan fingerprint density at radius 3 is 3.07 bits per heavy atom. The lowest BCUT2D eigenvalue weighted by Gasteiger charge is -2.09. The molecule has 0 aliphatic heterocycles. The summed E-state index contributed by atoms with van der Waals surface area (Å²) in [4.78, 5) is 11.2. The highest BCUT2D eigenvalue weighted by molar-refractivity contribution is 5.87. The average molecular weight is 213 g/mol. The number of methoxy groups -OCH3 is 1. The Bertz CT molecular complexity index is 321. The van der Waals surface area contributed by atoms with Crippen molar-refractivity contribution in [1.82, 2.24) is 5.32 Å². The van der Waals surface area contributed by atoms with E-state index in [1.165, 1.54) is 13.4 Å². The number of carbonyl (C=O) groups excluding carboxylic acids is 1. The van der Waals surface area contributed by atoms with Crippen molar-refractivity contribution < 1.29 is 19.1 Å². The molecule has 0 fully saturated rings. The van der Waals surface area contributed by atoms with E-state index >= 15 is 0 Å². The molecule has 15 heavy (non-hydrogen) atoms. The van der Waals surface area contributed by atoms with Gasteiger partial charge in [0.15, 0.2) is 0 Å². The first kappa shape index (κ1) is 11.7. The molecule has 0 spiro atoms. The number of aliphatic hydroxyl groups is 1. The van der Waals surface area contributed by atoms with Gasteiger partial charge in [-0.25, -0.2) is 4.79 Å². The summed E-state index contributed by atoms with van der Waals surface area (Å²) in [5.41, 5.74) is 0.724. The third-order valence-electron chi connectivity index (χ3n) is 2.03. The number of carbonyl (C=O) groups is 1. The van der Waals surface area contributed by atoms with Gasteiger partial charge in [-0.05, 0) is 13.0 Å². The summed E-state index contributed by atoms with van der Waals surface area (Å²) in [6, 6.07) is 1.67. The molecule has 84 valence electrons. The van der Waals surface area contributed by atoms with Gasteiger partial charge in [-0.3, -0.25) is 0 Å². The molecule has 5 nitrogen and oxygen atoms in total. The highest BCUT2D eigenvalue weighted by atomic mass is 16.5. The van der Waals surface area contributed by atoms with Crippen molar-refractivity contribution in [2.24, 2.45) is 0 Å². The minimum absolute atomic E-state index is 0.0228. The van der Waals surface area contributed by atoms with E-state index in [4.69, 9.17) is 9.52 Å². The van der Waals surface area contributed by atoms with Gasteiger partial charge in [-0.15, -0.1) is 0 Å². The number of furan rings is 1. The number of aliphatic hydroxyl groups excluding tert-OH is 1. The van der Waals surface area contributed by atoms with E-state index in [1.807, 2.05) is 6.92 Å². The summed E-state index contributed by atoms with van der Waals surface area (Å²) in [5.74, 6) is -0.288. The SMILES string of the molecule is COC(=O)c1occc1CN[C@H](C)CO. The van der Waals surface area contributed by atoms with Crippen molar-refractivity contribution >= 4 is 5.97 Å². The van der Waals surface area contributed by atoms with Crippen LogP contribution in [0.1, 0.15) is 23.0 Å². The molecule has 0 aliphatic carbocycles. The molecule has 0 aromatic carbocycles. The Morgan fingerprint density at radius 1 is 1.73 bits per heavy atom. The van der Waals surface area contributed by atoms with Crippen LogP contribution in [0.3, 0.4) is 0 Å². The van der Waals surface area contributed by atoms with E-state index in [9.17, 15) is 4.79 Å². The Balaban J connectivity index is 2.61. The van der Waals surface area contributed by atoms with Crippen LogP contribution in [0.5, 0.6) is 0 Å². The van der Waals surface area contributed by atoms with Crippen LogP contribution in [0.15, 0.2) is 16.7 Å². The quantitative estimate of drug-likeness (QED) is 0.698. The van der Waals surface area contributed by atoms with Gasteiger partial charge in [0.1, 0.15) is 0 Å². The molecule has 1 rings (SSSR count). The third-order valence-corrected chi connectivity index (χ3v) is 2.03. The van der Waals surface area contributed by atoms with Crippen LogP contribution < -0.4 is 5.32 Å². The predicted molar refractivity (Wildman–Crippen MR) is 53.4 cm³/mol. The zero-order valence-electron chi connectivity index (χ0n) is 8.82. The van der Waals surface area contributed by atoms with Gasteiger partial charge in [0.25, 0.3) is 0 Å². The minimum atomic E-state index is -0.492. The summed E-state index contributed by atoms with van der Waals surface area (Å²) in [6.07, 6.45) is 1.44. The van der Waals surface area contributed by atoms with Gasteiger partial charge < -0.3 is 19.6 Å². The van der Waals surface area contributed by atoms with Crippen molar-refractivity contribution in [2.45, 2.75) is 19.5 Å². The second-order valence-electron chi connectivity index (χ2n) is 3.23. The summed E-state index contributed by atoms with van der Waals surface area (Å²) in [7, 11) is 1.30. The van der Waals surface area contributed by atoms with E-state index in [0.29, 0.717) is 6.54 Å². The largest absolute Gasteiger partial charge is 0.463 e. The van der Waals surface area contributed by atoms with Gasteiger partial charge in [-0.2, -0.15) is 0 Å². The van der Waals surface area contributed by atoms with Gasteiger partial charge in [-0.1, -0.05) is 0 Å². The third kappa shape index (κ3) is 3.07. The topological polar surface area (TPSA) is 71.7 Å². The van der Waals surface area contributed by atoms with Gasteiger partial charge in [0.2, 0.25) is 5.76 Å². The number of hydrogen-bond donors (Lipinski definition) is 2. The van der Waals surface area contributed by atoms with Crippen LogP contribution in [0.2, 0.25) is 0 Å². The fourth-order valence-electron chi connectivity index (χ4n) is 1.10. The highest BCUT2D eigenvalue weighted by Crippen LogP contribution is 2.11. The maximum absolute atomic E-state index is 11.2. The molecule has 1 aromatic rings. The summed E-state index contributed by atoms with van der Waals surface area (Å²) in [5, 5.41) is 11.8. The smallest absolute Gasteiger partial charge is 0.374 e. The Hall–Kier alpha value is -1.33. The van der Waals surface area contributed by atoms with Gasteiger partial charge in [0.05, 0.1) is 20.0 Å². The number of nitrogens with one attached hydrogen (secondary N) is 1. The van der Waals surface area contributed by atoms with Crippen LogP contribution >= 0.6 is 0 Å². The predicted octanol–water partition coefficient (Wildman–Crippen LogP) is 0.537. The number of ether oxygens (including phenoxy) is 1. The molecule has 0 saturated heterocycles. The van der Waals surface area contributed by atoms with Crippen molar-refractivity contribution in [2.75, 3.05) is 13.7 Å². The lowest BCUT2D eigenvalue weighted by Crippen LogP contribution is -2.29. The maximum atomic E-state index is 11.2. The Kier molecular flexibility index (Phi) is 4.33. The molecule has 0 unspecified atom stereocenters. The van der Waals surface area contributed by atoms with E-state index in [2.05, 4.69) is 10.1 Å². The standard InChI is InChI=1S/C10H15NO4/c1-7(6-12)11-5-8-3-4-15-9(8)10(13)14-2/h3-4,7,11-12H,5-6H2,1-2H3/t7-/m1/s1. The minimum Gasteiger partial charge on any atom is -0.463 e. The van der Waals surface area contributed by atoms with E-state index < -0.39 is 5.97 Å². The van der Waals surface area contributed by atoms with Crippen LogP contribution in [0.25, 0.3) is 0 Å². The molecule has 1 aromatic heterocycles. The molecule has 0 aliphatic rings. The zero-order chi connectivity index (χ0) is 11.3. The molecule has 0 amide bonds. The first-order valence-corrected chi connectivity index (χ1v) is 4.68. The second-order valence-corrected chi connectivity index (χ2v) is 3.23. The molecule has 0 saturated carbocycles. The summed E-state index contributed by atoms with van der Waals surface area (Å²) >= 11 is 0. The Morgan fingerprint density at radius 2 is 2.47 bits per heavy atom. The fraction of sp³-hybridized carbons (Fsp3) is 0.500. The van der Waals surface area contributed by atoms with E-state index in [-0.39, 0.29) is 18.4 Å². The van der Waals surface area contributed by atoms with Crippen molar-refractivity contribution in [3.63, 3.8) is 0 Å². The van der Waals surface area contributed by atoms with Crippen LogP contribution in [-0.4, -0.2) is 30.8 Å². The van der Waals surface area contributed by atoms with Crippen molar-refractivity contribution in [1.29, 1.82) is 0 Å². The second kappa shape index (κ2) is 5.53. The van der Waals surface area contributed by atoms with Crippen LogP contribution in [-0.2, 0) is 11.3 Å². The molecule has 0 bridgehead atoms. The van der Waals surface area contributed by atoms with Gasteiger partial charge in [0, 0.05) is 18.2 Å². The molecular weight excluding hydrogens is 198 g/mol. The lowest BCUT2D eigenvalue weighted by atomic mass is 10.2. The fourth-order valence-corrected chi connectivity index (χ4v) is 1.10. The lowest BCUT2D eigenvalue weighted by molar-refractivity contribution is 0.0563. The monoisotopic (exact) mass is 213 g/mol. The van der Waals surface area contributed by atoms with Crippen molar-refractivity contribution in [3.8, 4) is 0 Å². The Labute approximate surface area is 88.0 Å². The van der Waals surface area contributed by atoms with Crippen LogP contribution in [0, 0.1) is 0 Å². The van der Waals surface area contributed by atoms with Gasteiger partial charge >= 0.3 is 5.97 Å². The molecular formula is C10H15NO4. The zero-order valence-corrected chi connectivity index (χ0v) is 8.82. The summed E-state index contributed by atoms with van der Waals surface area (Å²) < 4.78 is 9.56. The number of hydrogen-bond acceptors (Lipinski definition) is 5. The maximum Gasteiger partial charge on any atom is 0.374 e. The molecule has 0 radical (unpaired) electrons. The number of esters is 1. The molecule has 1 atom stereocenters. The summed E-state index contributed by atoms with van der Waals surface area (Å²) in [6.45, 7) is 2.35.